The molecule has 0 amide bonds. The second-order valence-corrected chi connectivity index (χ2v) is 9.64. The van der Waals surface area contributed by atoms with Crippen molar-refractivity contribution >= 4 is 10.0 Å². The van der Waals surface area contributed by atoms with E-state index in [-0.39, 0.29) is 0 Å². The largest absolute Gasteiger partial charge is 0.164 e. The highest BCUT2D eigenvalue weighted by Gasteiger charge is 2.26. The SMILES string of the molecule is C=C/C(=C\C)S(C)(c1ccccc1)c1ccc(C(C)CCC)cc1. The molecule has 0 fully saturated rings. The van der Waals surface area contributed by atoms with Crippen LogP contribution in [-0.2, 0) is 0 Å². The molecule has 0 spiro atoms. The molecule has 24 heavy (non-hydrogen) atoms. The third kappa shape index (κ3) is 3.67. The van der Waals surface area contributed by atoms with Gasteiger partial charge in [0, 0.05) is 0 Å². The van der Waals surface area contributed by atoms with E-state index in [0.29, 0.717) is 5.92 Å². The van der Waals surface area contributed by atoms with Crippen molar-refractivity contribution < 1.29 is 0 Å². The summed E-state index contributed by atoms with van der Waals surface area (Å²) < 4.78 is 0. The van der Waals surface area contributed by atoms with Gasteiger partial charge in [0.15, 0.2) is 0 Å². The zero-order valence-corrected chi connectivity index (χ0v) is 16.3. The van der Waals surface area contributed by atoms with E-state index >= 15 is 0 Å². The Bertz CT molecular complexity index is 682. The van der Waals surface area contributed by atoms with Crippen LogP contribution in [0.25, 0.3) is 0 Å². The van der Waals surface area contributed by atoms with Gasteiger partial charge in [0.05, 0.1) is 0 Å². The molecule has 128 valence electrons. The van der Waals surface area contributed by atoms with Crippen molar-refractivity contribution in [3.8, 4) is 0 Å². The second-order valence-electron chi connectivity index (χ2n) is 6.39. The summed E-state index contributed by atoms with van der Waals surface area (Å²) in [5.41, 5.74) is 1.44. The predicted molar refractivity (Wildman–Crippen MR) is 110 cm³/mol. The van der Waals surface area contributed by atoms with Crippen LogP contribution in [-0.4, -0.2) is 6.26 Å². The molecule has 0 nitrogen and oxygen atoms in total. The van der Waals surface area contributed by atoms with Crippen LogP contribution >= 0.6 is 10.0 Å². The summed E-state index contributed by atoms with van der Waals surface area (Å²) in [6.45, 7) is 10.8. The highest BCUT2D eigenvalue weighted by atomic mass is 32.3. The molecule has 2 unspecified atom stereocenters. The van der Waals surface area contributed by atoms with Gasteiger partial charge in [-0.3, -0.25) is 0 Å². The molecule has 0 bridgehead atoms. The van der Waals surface area contributed by atoms with Gasteiger partial charge < -0.3 is 0 Å². The van der Waals surface area contributed by atoms with Crippen LogP contribution in [0.1, 0.15) is 45.1 Å². The summed E-state index contributed by atoms with van der Waals surface area (Å²) in [5.74, 6) is 0.627. The molecule has 0 heterocycles. The van der Waals surface area contributed by atoms with E-state index in [2.05, 4.69) is 94.3 Å². The van der Waals surface area contributed by atoms with Crippen LogP contribution in [0.5, 0.6) is 0 Å². The summed E-state index contributed by atoms with van der Waals surface area (Å²) >= 11 is 0. The molecular formula is C23H30S. The Balaban J connectivity index is 2.51. The van der Waals surface area contributed by atoms with Gasteiger partial charge in [-0.25, -0.2) is 0 Å². The molecule has 0 aliphatic carbocycles. The molecule has 0 saturated carbocycles. The zero-order chi connectivity index (χ0) is 17.6. The lowest BCUT2D eigenvalue weighted by Gasteiger charge is -2.38. The van der Waals surface area contributed by atoms with Gasteiger partial charge in [-0.2, -0.15) is 10.0 Å². The van der Waals surface area contributed by atoms with E-state index in [1.165, 1.54) is 33.1 Å². The van der Waals surface area contributed by atoms with Crippen LogP contribution < -0.4 is 0 Å². The fourth-order valence-corrected chi connectivity index (χ4v) is 6.29. The molecule has 1 heteroatoms. The quantitative estimate of drug-likeness (QED) is 0.458. The van der Waals surface area contributed by atoms with Crippen molar-refractivity contribution in [2.24, 2.45) is 0 Å². The number of benzene rings is 2. The topological polar surface area (TPSA) is 0 Å². The van der Waals surface area contributed by atoms with E-state index in [0.717, 1.165) is 0 Å². The summed E-state index contributed by atoms with van der Waals surface area (Å²) in [7, 11) is -1.25. The van der Waals surface area contributed by atoms with Crippen molar-refractivity contribution in [2.45, 2.75) is 49.3 Å². The minimum atomic E-state index is -1.25. The van der Waals surface area contributed by atoms with Crippen molar-refractivity contribution in [1.82, 2.24) is 0 Å². The van der Waals surface area contributed by atoms with E-state index < -0.39 is 10.0 Å². The lowest BCUT2D eigenvalue weighted by Crippen LogP contribution is -2.03. The molecule has 0 aliphatic rings. The first kappa shape index (κ1) is 18.6. The maximum absolute atomic E-state index is 4.07. The minimum absolute atomic E-state index is 0.627. The first-order chi connectivity index (χ1) is 11.6. The standard InChI is InChI=1S/C23H30S/c1-6-12-19(4)20-15-17-23(18-16-20)24(5,21(7-2)8-3)22-13-10-9-11-14-22/h7-11,13-19H,2,6,12H2,1,3-5H3/b21-8+. The minimum Gasteiger partial charge on any atom is -0.164 e. The number of rotatable bonds is 7. The average molecular weight is 339 g/mol. The van der Waals surface area contributed by atoms with Gasteiger partial charge in [-0.15, -0.1) is 0 Å². The third-order valence-electron chi connectivity index (χ3n) is 4.81. The van der Waals surface area contributed by atoms with Gasteiger partial charge in [0.1, 0.15) is 0 Å². The Morgan fingerprint density at radius 1 is 1.04 bits per heavy atom. The van der Waals surface area contributed by atoms with Crippen molar-refractivity contribution in [3.63, 3.8) is 0 Å². The number of allylic oxidation sites excluding steroid dienone is 2. The zero-order valence-electron chi connectivity index (χ0n) is 15.5. The van der Waals surface area contributed by atoms with Crippen molar-refractivity contribution in [3.05, 3.63) is 83.8 Å². The first-order valence-corrected chi connectivity index (χ1v) is 10.8. The van der Waals surface area contributed by atoms with Gasteiger partial charge in [-0.05, 0) is 70.0 Å². The summed E-state index contributed by atoms with van der Waals surface area (Å²) in [5, 5.41) is 0. The summed E-state index contributed by atoms with van der Waals surface area (Å²) in [6.07, 6.45) is 9.09. The Labute approximate surface area is 149 Å². The normalized spacial score (nSPS) is 16.9. The number of hydrogen-bond acceptors (Lipinski definition) is 0. The maximum Gasteiger partial charge on any atom is -0.00211 e. The van der Waals surface area contributed by atoms with E-state index in [4.69, 9.17) is 0 Å². The molecule has 0 aromatic heterocycles. The molecule has 0 N–H and O–H groups in total. The second kappa shape index (κ2) is 8.39. The smallest absolute Gasteiger partial charge is 0.00211 e. The monoisotopic (exact) mass is 338 g/mol. The van der Waals surface area contributed by atoms with Gasteiger partial charge in [-0.1, -0.05) is 69.3 Å². The Morgan fingerprint density at radius 2 is 1.62 bits per heavy atom. The molecule has 2 rings (SSSR count). The lowest BCUT2D eigenvalue weighted by atomic mass is 9.97. The maximum atomic E-state index is 4.07. The van der Waals surface area contributed by atoms with E-state index in [9.17, 15) is 0 Å². The molecule has 0 saturated heterocycles. The van der Waals surface area contributed by atoms with Crippen LogP contribution in [0.2, 0.25) is 0 Å². The summed E-state index contributed by atoms with van der Waals surface area (Å²) in [4.78, 5) is 4.10. The van der Waals surface area contributed by atoms with E-state index in [1.807, 2.05) is 6.08 Å². The fraction of sp³-hybridized carbons (Fsp3) is 0.304. The van der Waals surface area contributed by atoms with Crippen molar-refractivity contribution in [1.29, 1.82) is 0 Å². The Hall–Kier alpha value is -1.73. The Morgan fingerprint density at radius 3 is 2.12 bits per heavy atom. The molecule has 2 aromatic carbocycles. The molecular weight excluding hydrogens is 308 g/mol. The third-order valence-corrected chi connectivity index (χ3v) is 8.59. The highest BCUT2D eigenvalue weighted by Crippen LogP contribution is 2.65. The van der Waals surface area contributed by atoms with Gasteiger partial charge in [0.25, 0.3) is 0 Å². The van der Waals surface area contributed by atoms with Crippen LogP contribution in [0.3, 0.4) is 0 Å². The van der Waals surface area contributed by atoms with Crippen LogP contribution in [0.15, 0.2) is 88.0 Å². The average Bonchev–Trinajstić information content (AvgIpc) is 2.63. The van der Waals surface area contributed by atoms with Crippen LogP contribution in [0.4, 0.5) is 0 Å². The Kier molecular flexibility index (Phi) is 6.51. The van der Waals surface area contributed by atoms with E-state index in [1.54, 1.807) is 0 Å². The van der Waals surface area contributed by atoms with Crippen molar-refractivity contribution in [2.75, 3.05) is 6.26 Å². The molecule has 0 radical (unpaired) electrons. The van der Waals surface area contributed by atoms with Crippen LogP contribution in [0, 0.1) is 0 Å². The predicted octanol–water partition coefficient (Wildman–Crippen LogP) is 7.53. The lowest BCUT2D eigenvalue weighted by molar-refractivity contribution is 0.664. The molecule has 0 aliphatic heterocycles. The summed E-state index contributed by atoms with van der Waals surface area (Å²) in [6, 6.07) is 20.1. The molecule has 2 aromatic rings. The van der Waals surface area contributed by atoms with Gasteiger partial charge >= 0.3 is 0 Å². The van der Waals surface area contributed by atoms with Gasteiger partial charge in [0.2, 0.25) is 0 Å². The number of hydrogen-bond donors (Lipinski definition) is 0. The fourth-order valence-electron chi connectivity index (χ4n) is 3.29. The highest BCUT2D eigenvalue weighted by molar-refractivity contribution is 8.36. The molecule has 2 atom stereocenters. The first-order valence-electron chi connectivity index (χ1n) is 8.80.